The largest absolute Gasteiger partial charge is 0.298 e. The van der Waals surface area contributed by atoms with Crippen molar-refractivity contribution in [2.24, 2.45) is 0 Å². The van der Waals surface area contributed by atoms with Crippen LogP contribution in [0.4, 0.5) is 0 Å². The fraction of sp³-hybridized carbons (Fsp3) is 0.353. The quantitative estimate of drug-likeness (QED) is 0.833. The van der Waals surface area contributed by atoms with Crippen molar-refractivity contribution in [2.75, 3.05) is 13.1 Å². The van der Waals surface area contributed by atoms with Crippen molar-refractivity contribution in [3.05, 3.63) is 65.0 Å². The van der Waals surface area contributed by atoms with Gasteiger partial charge in [0.2, 0.25) is 0 Å². The van der Waals surface area contributed by atoms with Crippen molar-refractivity contribution in [1.29, 1.82) is 0 Å². The highest BCUT2D eigenvalue weighted by atomic mass is 15.2. The van der Waals surface area contributed by atoms with Crippen molar-refractivity contribution in [2.45, 2.75) is 26.3 Å². The van der Waals surface area contributed by atoms with Crippen LogP contribution in [0.25, 0.3) is 0 Å². The molecule has 0 amide bonds. The molecule has 0 atom stereocenters. The molecule has 1 aliphatic heterocycles. The van der Waals surface area contributed by atoms with E-state index < -0.39 is 0 Å². The van der Waals surface area contributed by atoms with Crippen LogP contribution in [0.2, 0.25) is 0 Å². The third-order valence-electron chi connectivity index (χ3n) is 3.75. The van der Waals surface area contributed by atoms with E-state index >= 15 is 0 Å². The summed E-state index contributed by atoms with van der Waals surface area (Å²) in [6, 6.07) is 13.0. The topological polar surface area (TPSA) is 16.1 Å². The van der Waals surface area contributed by atoms with Crippen LogP contribution < -0.4 is 0 Å². The number of hydrogen-bond donors (Lipinski definition) is 0. The van der Waals surface area contributed by atoms with Gasteiger partial charge in [0, 0.05) is 37.4 Å². The Labute approximate surface area is 115 Å². The average Bonchev–Trinajstić information content (AvgIpc) is 2.33. The van der Waals surface area contributed by atoms with Crippen molar-refractivity contribution < 1.29 is 0 Å². The Morgan fingerprint density at radius 3 is 2.47 bits per heavy atom. The zero-order valence-corrected chi connectivity index (χ0v) is 11.6. The minimum atomic E-state index is 0.618. The molecule has 2 heteroatoms. The van der Waals surface area contributed by atoms with Crippen molar-refractivity contribution in [3.63, 3.8) is 0 Å². The Balaban J connectivity index is 1.59. The monoisotopic (exact) mass is 252 g/mol. The van der Waals surface area contributed by atoms with Gasteiger partial charge in [0.15, 0.2) is 0 Å². The standard InChI is InChI=1S/C17H20N2/c1-13-7-14(2)9-15(8-13)10-19-11-16(12-19)17-5-3-4-6-18-17/h3-9,16H,10-12H2,1-2H3. The van der Waals surface area contributed by atoms with Crippen LogP contribution in [0.3, 0.4) is 0 Å². The summed E-state index contributed by atoms with van der Waals surface area (Å²) >= 11 is 0. The normalized spacial score (nSPS) is 16.3. The summed E-state index contributed by atoms with van der Waals surface area (Å²) in [4.78, 5) is 6.94. The lowest BCUT2D eigenvalue weighted by molar-refractivity contribution is 0.137. The highest BCUT2D eigenvalue weighted by Gasteiger charge is 2.28. The zero-order chi connectivity index (χ0) is 13.2. The highest BCUT2D eigenvalue weighted by molar-refractivity contribution is 5.29. The minimum Gasteiger partial charge on any atom is -0.298 e. The lowest BCUT2D eigenvalue weighted by Gasteiger charge is -2.39. The molecule has 1 fully saturated rings. The Morgan fingerprint density at radius 1 is 1.11 bits per heavy atom. The molecule has 1 aromatic carbocycles. The minimum absolute atomic E-state index is 0.618. The van der Waals surface area contributed by atoms with E-state index in [1.165, 1.54) is 22.4 Å². The van der Waals surface area contributed by atoms with Gasteiger partial charge in [-0.05, 0) is 31.5 Å². The molecule has 0 radical (unpaired) electrons. The van der Waals surface area contributed by atoms with Gasteiger partial charge in [0.25, 0.3) is 0 Å². The van der Waals surface area contributed by atoms with Gasteiger partial charge in [-0.1, -0.05) is 35.4 Å². The van der Waals surface area contributed by atoms with Gasteiger partial charge in [0.1, 0.15) is 0 Å². The summed E-state index contributed by atoms with van der Waals surface area (Å²) in [5, 5.41) is 0. The van der Waals surface area contributed by atoms with Gasteiger partial charge in [-0.3, -0.25) is 9.88 Å². The first-order valence-corrected chi connectivity index (χ1v) is 6.91. The molecule has 3 rings (SSSR count). The zero-order valence-electron chi connectivity index (χ0n) is 11.6. The van der Waals surface area contributed by atoms with E-state index in [9.17, 15) is 0 Å². The summed E-state index contributed by atoms with van der Waals surface area (Å²) in [5.74, 6) is 0.618. The van der Waals surface area contributed by atoms with Gasteiger partial charge in [-0.2, -0.15) is 0 Å². The maximum atomic E-state index is 4.44. The van der Waals surface area contributed by atoms with Crippen molar-refractivity contribution in [3.8, 4) is 0 Å². The Morgan fingerprint density at radius 2 is 1.84 bits per heavy atom. The van der Waals surface area contributed by atoms with E-state index in [-0.39, 0.29) is 0 Å². The molecule has 2 nitrogen and oxygen atoms in total. The van der Waals surface area contributed by atoms with E-state index in [4.69, 9.17) is 0 Å². The van der Waals surface area contributed by atoms with Crippen LogP contribution in [-0.4, -0.2) is 23.0 Å². The third kappa shape index (κ3) is 2.85. The van der Waals surface area contributed by atoms with E-state index in [1.807, 2.05) is 12.3 Å². The summed E-state index contributed by atoms with van der Waals surface area (Å²) in [5.41, 5.74) is 5.38. The second-order valence-corrected chi connectivity index (χ2v) is 5.64. The smallest absolute Gasteiger partial charge is 0.0460 e. The van der Waals surface area contributed by atoms with Crippen LogP contribution in [0, 0.1) is 13.8 Å². The number of nitrogens with zero attached hydrogens (tertiary/aromatic N) is 2. The predicted molar refractivity (Wildman–Crippen MR) is 78.2 cm³/mol. The lowest BCUT2D eigenvalue weighted by Crippen LogP contribution is -2.44. The maximum absolute atomic E-state index is 4.44. The SMILES string of the molecule is Cc1cc(C)cc(CN2CC(c3ccccn3)C2)c1. The molecular formula is C17H20N2. The molecule has 0 N–H and O–H groups in total. The highest BCUT2D eigenvalue weighted by Crippen LogP contribution is 2.27. The molecule has 0 bridgehead atoms. The number of likely N-dealkylation sites (tertiary alicyclic amines) is 1. The number of rotatable bonds is 3. The summed E-state index contributed by atoms with van der Waals surface area (Å²) in [6.45, 7) is 7.66. The van der Waals surface area contributed by atoms with Crippen molar-refractivity contribution in [1.82, 2.24) is 9.88 Å². The van der Waals surface area contributed by atoms with Gasteiger partial charge >= 0.3 is 0 Å². The van der Waals surface area contributed by atoms with E-state index in [2.05, 4.69) is 54.1 Å². The lowest BCUT2D eigenvalue weighted by atomic mass is 9.94. The summed E-state index contributed by atoms with van der Waals surface area (Å²) in [7, 11) is 0. The Bertz CT molecular complexity index is 536. The molecule has 19 heavy (non-hydrogen) atoms. The average molecular weight is 252 g/mol. The molecule has 98 valence electrons. The van der Waals surface area contributed by atoms with Crippen LogP contribution in [0.15, 0.2) is 42.6 Å². The third-order valence-corrected chi connectivity index (χ3v) is 3.75. The van der Waals surface area contributed by atoms with Crippen LogP contribution in [-0.2, 0) is 6.54 Å². The van der Waals surface area contributed by atoms with Crippen LogP contribution in [0.5, 0.6) is 0 Å². The Kier molecular flexibility index (Phi) is 3.34. The molecule has 2 aromatic rings. The summed E-state index contributed by atoms with van der Waals surface area (Å²) in [6.07, 6.45) is 1.89. The van der Waals surface area contributed by atoms with Gasteiger partial charge in [0.05, 0.1) is 0 Å². The Hall–Kier alpha value is -1.67. The molecule has 1 aromatic heterocycles. The first-order valence-electron chi connectivity index (χ1n) is 6.91. The molecule has 2 heterocycles. The predicted octanol–water partition coefficient (Wildman–Crippen LogP) is 3.30. The second kappa shape index (κ2) is 5.14. The number of pyridine rings is 1. The van der Waals surface area contributed by atoms with Gasteiger partial charge in [-0.15, -0.1) is 0 Å². The van der Waals surface area contributed by atoms with E-state index in [0.29, 0.717) is 5.92 Å². The fourth-order valence-corrected chi connectivity index (χ4v) is 2.92. The molecule has 1 aliphatic rings. The van der Waals surface area contributed by atoms with Gasteiger partial charge < -0.3 is 0 Å². The van der Waals surface area contributed by atoms with Crippen LogP contribution in [0.1, 0.15) is 28.3 Å². The number of benzene rings is 1. The maximum Gasteiger partial charge on any atom is 0.0460 e. The second-order valence-electron chi connectivity index (χ2n) is 5.64. The molecule has 1 saturated heterocycles. The molecule has 0 aliphatic carbocycles. The molecule has 0 saturated carbocycles. The number of aryl methyl sites for hydroxylation is 2. The number of hydrogen-bond acceptors (Lipinski definition) is 2. The van der Waals surface area contributed by atoms with Gasteiger partial charge in [-0.25, -0.2) is 0 Å². The van der Waals surface area contributed by atoms with E-state index in [1.54, 1.807) is 0 Å². The molecule has 0 spiro atoms. The molecule has 0 unspecified atom stereocenters. The van der Waals surface area contributed by atoms with Crippen molar-refractivity contribution >= 4 is 0 Å². The van der Waals surface area contributed by atoms with E-state index in [0.717, 1.165) is 19.6 Å². The first-order chi connectivity index (χ1) is 9.20. The summed E-state index contributed by atoms with van der Waals surface area (Å²) < 4.78 is 0. The fourth-order valence-electron chi connectivity index (χ4n) is 2.92. The number of aromatic nitrogens is 1. The first kappa shape index (κ1) is 12.4. The molecular weight excluding hydrogens is 232 g/mol. The van der Waals surface area contributed by atoms with Crippen LogP contribution >= 0.6 is 0 Å².